The van der Waals surface area contributed by atoms with Gasteiger partial charge in [0.15, 0.2) is 5.43 Å². The maximum Gasteiger partial charge on any atom is 0.291 e. The number of hydrogen-bond donors (Lipinski definition) is 0. The van der Waals surface area contributed by atoms with Crippen molar-refractivity contribution in [2.75, 3.05) is 0 Å². The van der Waals surface area contributed by atoms with E-state index >= 15 is 0 Å². The van der Waals surface area contributed by atoms with Gasteiger partial charge in [0.25, 0.3) is 5.91 Å². The van der Waals surface area contributed by atoms with E-state index in [0.717, 1.165) is 27.8 Å². The van der Waals surface area contributed by atoms with Gasteiger partial charge < -0.3 is 9.32 Å². The fraction of sp³-hybridized carbons (Fsp3) is 0.192. The second-order valence-corrected chi connectivity index (χ2v) is 8.24. The highest BCUT2D eigenvalue weighted by molar-refractivity contribution is 5.99. The number of pyridine rings is 1. The predicted octanol–water partition coefficient (Wildman–Crippen LogP) is 4.86. The van der Waals surface area contributed by atoms with Crippen molar-refractivity contribution in [3.8, 4) is 0 Å². The first-order chi connectivity index (χ1) is 14.9. The van der Waals surface area contributed by atoms with Crippen LogP contribution in [0, 0.1) is 20.8 Å². The number of aromatic nitrogens is 1. The molecule has 1 aliphatic heterocycles. The van der Waals surface area contributed by atoms with Crippen LogP contribution in [-0.2, 0) is 6.54 Å². The Morgan fingerprint density at radius 1 is 1.00 bits per heavy atom. The summed E-state index contributed by atoms with van der Waals surface area (Å²) in [6.45, 7) is 6.20. The van der Waals surface area contributed by atoms with Crippen molar-refractivity contribution in [1.29, 1.82) is 0 Å². The van der Waals surface area contributed by atoms with Crippen LogP contribution >= 0.6 is 0 Å². The van der Waals surface area contributed by atoms with E-state index < -0.39 is 6.04 Å². The van der Waals surface area contributed by atoms with E-state index in [1.165, 1.54) is 0 Å². The van der Waals surface area contributed by atoms with Crippen LogP contribution in [0.2, 0.25) is 0 Å². The molecule has 0 aliphatic carbocycles. The normalized spacial score (nSPS) is 15.5. The minimum Gasteiger partial charge on any atom is -0.450 e. The molecular formula is C26H22N2O3. The summed E-state index contributed by atoms with van der Waals surface area (Å²) in [4.78, 5) is 33.0. The van der Waals surface area contributed by atoms with E-state index in [1.807, 2.05) is 69.3 Å². The Morgan fingerprint density at radius 3 is 2.48 bits per heavy atom. The van der Waals surface area contributed by atoms with Crippen LogP contribution in [0.1, 0.15) is 50.0 Å². The first kappa shape index (κ1) is 19.2. The van der Waals surface area contributed by atoms with Gasteiger partial charge in [-0.05, 0) is 55.2 Å². The van der Waals surface area contributed by atoms with Gasteiger partial charge in [-0.15, -0.1) is 0 Å². The van der Waals surface area contributed by atoms with Gasteiger partial charge in [0.05, 0.1) is 17.0 Å². The van der Waals surface area contributed by atoms with Crippen LogP contribution in [0.4, 0.5) is 0 Å². The number of amides is 1. The summed E-state index contributed by atoms with van der Waals surface area (Å²) in [5.41, 5.74) is 5.48. The second-order valence-electron chi connectivity index (χ2n) is 8.24. The van der Waals surface area contributed by atoms with Gasteiger partial charge >= 0.3 is 0 Å². The molecule has 1 unspecified atom stereocenters. The van der Waals surface area contributed by atoms with Gasteiger partial charge in [0.1, 0.15) is 5.58 Å². The predicted molar refractivity (Wildman–Crippen MR) is 119 cm³/mol. The van der Waals surface area contributed by atoms with Crippen molar-refractivity contribution in [1.82, 2.24) is 9.88 Å². The Morgan fingerprint density at radius 2 is 1.77 bits per heavy atom. The van der Waals surface area contributed by atoms with E-state index in [2.05, 4.69) is 4.98 Å². The van der Waals surface area contributed by atoms with Crippen molar-refractivity contribution in [3.63, 3.8) is 0 Å². The van der Waals surface area contributed by atoms with Crippen molar-refractivity contribution < 1.29 is 9.21 Å². The van der Waals surface area contributed by atoms with Gasteiger partial charge in [-0.1, -0.05) is 42.0 Å². The van der Waals surface area contributed by atoms with Gasteiger partial charge in [0, 0.05) is 18.9 Å². The Kier molecular flexibility index (Phi) is 4.47. The molecule has 0 spiro atoms. The van der Waals surface area contributed by atoms with E-state index in [0.29, 0.717) is 23.1 Å². The number of carbonyl (C=O) groups excluding carboxylic acids is 1. The third-order valence-electron chi connectivity index (χ3n) is 5.87. The SMILES string of the molecule is Cc1ccc(C2c3c(oc4c(C)cc(C)cc4c3=O)C(=O)N2Cc2cccnc2)cc1. The number of fused-ring (bicyclic) bond motifs is 2. The van der Waals surface area contributed by atoms with Crippen molar-refractivity contribution in [2.45, 2.75) is 33.4 Å². The van der Waals surface area contributed by atoms with E-state index in [-0.39, 0.29) is 17.1 Å². The Bertz CT molecular complexity index is 1370. The molecule has 5 nitrogen and oxygen atoms in total. The lowest BCUT2D eigenvalue weighted by Crippen LogP contribution is -2.29. The molecule has 5 rings (SSSR count). The van der Waals surface area contributed by atoms with Gasteiger partial charge in [-0.2, -0.15) is 0 Å². The van der Waals surface area contributed by atoms with Crippen molar-refractivity contribution >= 4 is 16.9 Å². The molecule has 1 amide bonds. The molecule has 0 bridgehead atoms. The summed E-state index contributed by atoms with van der Waals surface area (Å²) < 4.78 is 6.12. The first-order valence-corrected chi connectivity index (χ1v) is 10.3. The topological polar surface area (TPSA) is 63.4 Å². The number of nitrogens with zero attached hydrogens (tertiary/aromatic N) is 2. The zero-order valence-corrected chi connectivity index (χ0v) is 17.7. The molecule has 0 saturated heterocycles. The molecule has 0 N–H and O–H groups in total. The molecule has 1 aliphatic rings. The lowest BCUT2D eigenvalue weighted by atomic mass is 9.96. The molecule has 0 radical (unpaired) electrons. The summed E-state index contributed by atoms with van der Waals surface area (Å²) in [5, 5.41) is 0.518. The van der Waals surface area contributed by atoms with Crippen molar-refractivity contribution in [3.05, 3.63) is 110 Å². The summed E-state index contributed by atoms with van der Waals surface area (Å²) in [7, 11) is 0. The highest BCUT2D eigenvalue weighted by Crippen LogP contribution is 2.39. The van der Waals surface area contributed by atoms with E-state index in [4.69, 9.17) is 4.42 Å². The van der Waals surface area contributed by atoms with E-state index in [9.17, 15) is 9.59 Å². The maximum absolute atomic E-state index is 13.7. The standard InChI is InChI=1S/C26H22N2O3/c1-15-6-8-19(9-7-15)22-21-23(29)20-12-16(2)11-17(3)24(20)31-25(21)26(30)28(22)14-18-5-4-10-27-13-18/h4-13,22H,14H2,1-3H3. The Hall–Kier alpha value is -3.73. The molecule has 0 saturated carbocycles. The zero-order chi connectivity index (χ0) is 21.7. The molecule has 154 valence electrons. The summed E-state index contributed by atoms with van der Waals surface area (Å²) in [6.07, 6.45) is 3.44. The van der Waals surface area contributed by atoms with E-state index in [1.54, 1.807) is 17.3 Å². The lowest BCUT2D eigenvalue weighted by molar-refractivity contribution is 0.0714. The molecule has 2 aromatic heterocycles. The molecule has 5 heteroatoms. The van der Waals surface area contributed by atoms with Crippen LogP contribution in [0.25, 0.3) is 11.0 Å². The smallest absolute Gasteiger partial charge is 0.291 e. The largest absolute Gasteiger partial charge is 0.450 e. The van der Waals surface area contributed by atoms with Gasteiger partial charge in [-0.3, -0.25) is 14.6 Å². The maximum atomic E-state index is 13.7. The second kappa shape index (κ2) is 7.20. The molecule has 0 fully saturated rings. The lowest BCUT2D eigenvalue weighted by Gasteiger charge is -2.25. The monoisotopic (exact) mass is 410 g/mol. The van der Waals surface area contributed by atoms with Crippen LogP contribution in [0.5, 0.6) is 0 Å². The summed E-state index contributed by atoms with van der Waals surface area (Å²) in [5.74, 6) is -0.137. The van der Waals surface area contributed by atoms with Crippen LogP contribution in [0.15, 0.2) is 70.1 Å². The van der Waals surface area contributed by atoms with Crippen LogP contribution in [-0.4, -0.2) is 15.8 Å². The molecular weight excluding hydrogens is 388 g/mol. The average Bonchev–Trinajstić information content (AvgIpc) is 3.03. The number of aryl methyl sites for hydroxylation is 3. The molecule has 3 heterocycles. The number of carbonyl (C=O) groups is 1. The summed E-state index contributed by atoms with van der Waals surface area (Å²) >= 11 is 0. The number of benzene rings is 2. The number of rotatable bonds is 3. The summed E-state index contributed by atoms with van der Waals surface area (Å²) in [6, 6.07) is 15.0. The first-order valence-electron chi connectivity index (χ1n) is 10.3. The third kappa shape index (κ3) is 3.13. The third-order valence-corrected chi connectivity index (χ3v) is 5.87. The Labute approximate surface area is 180 Å². The van der Waals surface area contributed by atoms with Crippen LogP contribution in [0.3, 0.4) is 0 Å². The van der Waals surface area contributed by atoms with Crippen LogP contribution < -0.4 is 5.43 Å². The minimum absolute atomic E-state index is 0.138. The Balaban J connectivity index is 1.76. The molecule has 4 aromatic rings. The zero-order valence-electron chi connectivity index (χ0n) is 17.7. The minimum atomic E-state index is -0.509. The van der Waals surface area contributed by atoms with Gasteiger partial charge in [0.2, 0.25) is 5.76 Å². The molecule has 1 atom stereocenters. The molecule has 31 heavy (non-hydrogen) atoms. The quantitative estimate of drug-likeness (QED) is 0.484. The average molecular weight is 410 g/mol. The highest BCUT2D eigenvalue weighted by Gasteiger charge is 2.42. The molecule has 2 aromatic carbocycles. The fourth-order valence-corrected chi connectivity index (χ4v) is 4.42. The fourth-order valence-electron chi connectivity index (χ4n) is 4.42. The number of hydrogen-bond acceptors (Lipinski definition) is 4. The van der Waals surface area contributed by atoms with Crippen molar-refractivity contribution in [2.24, 2.45) is 0 Å². The highest BCUT2D eigenvalue weighted by atomic mass is 16.3. The van der Waals surface area contributed by atoms with Gasteiger partial charge in [-0.25, -0.2) is 0 Å².